The first-order valence-electron chi connectivity index (χ1n) is 9.14. The third-order valence-corrected chi connectivity index (χ3v) is 4.75. The number of amides is 1. The molecule has 0 spiro atoms. The van der Waals surface area contributed by atoms with Crippen LogP contribution < -0.4 is 15.1 Å². The van der Waals surface area contributed by atoms with Crippen LogP contribution >= 0.6 is 0 Å². The number of halogens is 3. The molecule has 2 aromatic rings. The van der Waals surface area contributed by atoms with Gasteiger partial charge in [-0.2, -0.15) is 0 Å². The first-order valence-corrected chi connectivity index (χ1v) is 9.14. The zero-order valence-corrected chi connectivity index (χ0v) is 15.8. The number of rotatable bonds is 5. The summed E-state index contributed by atoms with van der Waals surface area (Å²) in [6, 6.07) is 2.39. The Morgan fingerprint density at radius 3 is 2.70 bits per heavy atom. The van der Waals surface area contributed by atoms with Crippen LogP contribution in [0.4, 0.5) is 35.2 Å². The van der Waals surface area contributed by atoms with Crippen molar-refractivity contribution < 1.29 is 32.0 Å². The summed E-state index contributed by atoms with van der Waals surface area (Å²) >= 11 is 0. The zero-order chi connectivity index (χ0) is 21.4. The van der Waals surface area contributed by atoms with Crippen LogP contribution in [0.2, 0.25) is 0 Å². The SMILES string of the molecule is Cc1cc(NCC2CN(c3cc(F)c(N4C=CC(=O)CC4)c(F)c3F)C(=O)O2)no1. The van der Waals surface area contributed by atoms with Gasteiger partial charge in [0, 0.05) is 31.3 Å². The van der Waals surface area contributed by atoms with Gasteiger partial charge in [0.2, 0.25) is 0 Å². The maximum Gasteiger partial charge on any atom is 0.414 e. The Morgan fingerprint density at radius 2 is 2.03 bits per heavy atom. The van der Waals surface area contributed by atoms with Crippen molar-refractivity contribution in [1.82, 2.24) is 5.16 Å². The third kappa shape index (κ3) is 3.70. The number of benzene rings is 1. The number of nitrogens with zero attached hydrogens (tertiary/aromatic N) is 3. The second-order valence-corrected chi connectivity index (χ2v) is 6.90. The van der Waals surface area contributed by atoms with Crippen LogP contribution in [-0.2, 0) is 9.53 Å². The largest absolute Gasteiger partial charge is 0.442 e. The average molecular weight is 422 g/mol. The molecule has 1 fully saturated rings. The molecule has 0 saturated carbocycles. The van der Waals surface area contributed by atoms with Crippen LogP contribution in [0.3, 0.4) is 0 Å². The molecule has 2 aliphatic rings. The fourth-order valence-electron chi connectivity index (χ4n) is 3.27. The number of ether oxygens (including phenoxy) is 1. The number of carbonyl (C=O) groups excluding carboxylic acids is 2. The van der Waals surface area contributed by atoms with Gasteiger partial charge in [-0.1, -0.05) is 5.16 Å². The molecule has 1 atom stereocenters. The van der Waals surface area contributed by atoms with E-state index in [-0.39, 0.29) is 31.8 Å². The van der Waals surface area contributed by atoms with E-state index < -0.39 is 41.0 Å². The number of aryl methyl sites for hydroxylation is 1. The van der Waals surface area contributed by atoms with Crippen LogP contribution in [0.15, 0.2) is 28.9 Å². The average Bonchev–Trinajstić information content (AvgIpc) is 3.29. The number of ketones is 1. The van der Waals surface area contributed by atoms with Crippen LogP contribution in [0, 0.1) is 24.4 Å². The van der Waals surface area contributed by atoms with E-state index in [1.54, 1.807) is 13.0 Å². The maximum atomic E-state index is 14.7. The summed E-state index contributed by atoms with van der Waals surface area (Å²) in [7, 11) is 0. The number of allylic oxidation sites excluding steroid dienone is 1. The van der Waals surface area contributed by atoms with Gasteiger partial charge in [0.25, 0.3) is 0 Å². The molecule has 4 rings (SSSR count). The molecule has 158 valence electrons. The van der Waals surface area contributed by atoms with Gasteiger partial charge in [-0.05, 0) is 13.0 Å². The second-order valence-electron chi connectivity index (χ2n) is 6.90. The number of aromatic nitrogens is 1. The summed E-state index contributed by atoms with van der Waals surface area (Å²) in [6.07, 6.45) is 0.795. The van der Waals surface area contributed by atoms with Gasteiger partial charge in [-0.25, -0.2) is 18.0 Å². The summed E-state index contributed by atoms with van der Waals surface area (Å²) in [4.78, 5) is 25.4. The van der Waals surface area contributed by atoms with E-state index in [0.717, 1.165) is 15.9 Å². The minimum atomic E-state index is -1.45. The Hall–Kier alpha value is -3.50. The Labute approximate surface area is 168 Å². The molecule has 1 saturated heterocycles. The number of nitrogens with one attached hydrogen (secondary N) is 1. The number of carbonyl (C=O) groups is 2. The van der Waals surface area contributed by atoms with Crippen molar-refractivity contribution in [2.45, 2.75) is 19.4 Å². The van der Waals surface area contributed by atoms with E-state index in [9.17, 15) is 22.8 Å². The fourth-order valence-corrected chi connectivity index (χ4v) is 3.27. The van der Waals surface area contributed by atoms with E-state index in [4.69, 9.17) is 9.26 Å². The van der Waals surface area contributed by atoms with Crippen molar-refractivity contribution in [3.05, 3.63) is 47.6 Å². The lowest BCUT2D eigenvalue weighted by Crippen LogP contribution is -2.30. The molecule has 30 heavy (non-hydrogen) atoms. The molecule has 0 bridgehead atoms. The van der Waals surface area contributed by atoms with Crippen molar-refractivity contribution in [2.75, 3.05) is 34.8 Å². The van der Waals surface area contributed by atoms with E-state index in [2.05, 4.69) is 10.5 Å². The van der Waals surface area contributed by atoms with Gasteiger partial charge < -0.3 is 19.5 Å². The van der Waals surface area contributed by atoms with Crippen LogP contribution in [-0.4, -0.2) is 42.8 Å². The highest BCUT2D eigenvalue weighted by atomic mass is 19.2. The normalized spacial score (nSPS) is 18.9. The predicted octanol–water partition coefficient (Wildman–Crippen LogP) is 3.13. The molecule has 0 radical (unpaired) electrons. The number of hydrogen-bond donors (Lipinski definition) is 1. The highest BCUT2D eigenvalue weighted by molar-refractivity contribution is 5.92. The molecule has 8 nitrogen and oxygen atoms in total. The second kappa shape index (κ2) is 7.73. The first kappa shape index (κ1) is 19.8. The molecule has 2 aliphatic heterocycles. The third-order valence-electron chi connectivity index (χ3n) is 4.75. The lowest BCUT2D eigenvalue weighted by molar-refractivity contribution is -0.114. The highest BCUT2D eigenvalue weighted by Gasteiger charge is 2.36. The monoisotopic (exact) mass is 422 g/mol. The molecule has 3 heterocycles. The van der Waals surface area contributed by atoms with Gasteiger partial charge >= 0.3 is 6.09 Å². The molecule has 1 N–H and O–H groups in total. The van der Waals surface area contributed by atoms with Crippen LogP contribution in [0.1, 0.15) is 12.2 Å². The Bertz CT molecular complexity index is 1040. The van der Waals surface area contributed by atoms with Crippen molar-refractivity contribution in [2.24, 2.45) is 0 Å². The number of cyclic esters (lactones) is 1. The van der Waals surface area contributed by atoms with Gasteiger partial charge in [-0.3, -0.25) is 9.69 Å². The van der Waals surface area contributed by atoms with Crippen LogP contribution in [0.25, 0.3) is 0 Å². The standard InChI is InChI=1S/C19H17F3N4O4/c1-10-6-15(24-30-10)23-8-12-9-26(19(28)29-12)14-7-13(20)18(17(22)16(14)21)25-4-2-11(27)3-5-25/h2,4,6-7,12H,3,5,8-9H2,1H3,(H,23,24). The maximum absolute atomic E-state index is 14.7. The Balaban J connectivity index is 1.53. The minimum Gasteiger partial charge on any atom is -0.442 e. The summed E-state index contributed by atoms with van der Waals surface area (Å²) in [6.45, 7) is 1.76. The van der Waals surface area contributed by atoms with Gasteiger partial charge in [0.1, 0.15) is 17.6 Å². The summed E-state index contributed by atoms with van der Waals surface area (Å²) < 4.78 is 54.1. The molecule has 1 amide bonds. The smallest absolute Gasteiger partial charge is 0.414 e. The van der Waals surface area contributed by atoms with Crippen molar-refractivity contribution in [1.29, 1.82) is 0 Å². The lowest BCUT2D eigenvalue weighted by atomic mass is 10.1. The van der Waals surface area contributed by atoms with E-state index >= 15 is 0 Å². The molecule has 1 aromatic heterocycles. The molecule has 0 aliphatic carbocycles. The van der Waals surface area contributed by atoms with Crippen molar-refractivity contribution in [3.63, 3.8) is 0 Å². The van der Waals surface area contributed by atoms with Gasteiger partial charge in [-0.15, -0.1) is 0 Å². The minimum absolute atomic E-state index is 0.0168. The molecule has 1 aromatic carbocycles. The van der Waals surface area contributed by atoms with E-state index in [1.165, 1.54) is 12.3 Å². The van der Waals surface area contributed by atoms with Crippen LogP contribution in [0.5, 0.6) is 0 Å². The molecular weight excluding hydrogens is 405 g/mol. The quantitative estimate of drug-likeness (QED) is 0.741. The van der Waals surface area contributed by atoms with Crippen molar-refractivity contribution >= 4 is 29.1 Å². The summed E-state index contributed by atoms with van der Waals surface area (Å²) in [5.41, 5.74) is -1.18. The zero-order valence-electron chi connectivity index (χ0n) is 15.8. The fraction of sp³-hybridized carbons (Fsp3) is 0.316. The lowest BCUT2D eigenvalue weighted by Gasteiger charge is -2.25. The highest BCUT2D eigenvalue weighted by Crippen LogP contribution is 2.35. The first-order chi connectivity index (χ1) is 14.3. The van der Waals surface area contributed by atoms with E-state index in [1.807, 2.05) is 0 Å². The van der Waals surface area contributed by atoms with Crippen molar-refractivity contribution in [3.8, 4) is 0 Å². The summed E-state index contributed by atoms with van der Waals surface area (Å²) in [5, 5.41) is 6.64. The van der Waals surface area contributed by atoms with Gasteiger partial charge in [0.15, 0.2) is 29.1 Å². The Morgan fingerprint density at radius 1 is 1.23 bits per heavy atom. The van der Waals surface area contributed by atoms with Gasteiger partial charge in [0.05, 0.1) is 18.8 Å². The topological polar surface area (TPSA) is 87.9 Å². The molecule has 1 unspecified atom stereocenters. The van der Waals surface area contributed by atoms with E-state index in [0.29, 0.717) is 11.6 Å². The Kier molecular flexibility index (Phi) is 5.10. The summed E-state index contributed by atoms with van der Waals surface area (Å²) in [5.74, 6) is -3.06. The number of anilines is 3. The molecule has 11 heteroatoms. The molecular formula is C19H17F3N4O4. The number of hydrogen-bond acceptors (Lipinski definition) is 7. The predicted molar refractivity (Wildman–Crippen MR) is 99.8 cm³/mol.